The van der Waals surface area contributed by atoms with Crippen LogP contribution in [0.5, 0.6) is 0 Å². The molecule has 0 saturated heterocycles. The Morgan fingerprint density at radius 3 is 2.41 bits per heavy atom. The van der Waals surface area contributed by atoms with Gasteiger partial charge >= 0.3 is 0 Å². The number of aromatic nitrogens is 1. The van der Waals surface area contributed by atoms with Crippen LogP contribution in [0.1, 0.15) is 34.9 Å². The van der Waals surface area contributed by atoms with Gasteiger partial charge in [0, 0.05) is 30.6 Å². The molecule has 0 radical (unpaired) electrons. The van der Waals surface area contributed by atoms with Crippen LogP contribution in [0.2, 0.25) is 0 Å². The second kappa shape index (κ2) is 13.1. The molecule has 0 aliphatic rings. The number of guanidine groups is 1. The van der Waals surface area contributed by atoms with E-state index in [0.717, 1.165) is 48.0 Å². The van der Waals surface area contributed by atoms with E-state index in [-0.39, 0.29) is 29.7 Å². The molecular formula is C19H30IN5O2S2. The van der Waals surface area contributed by atoms with Gasteiger partial charge in [0.25, 0.3) is 0 Å². The van der Waals surface area contributed by atoms with Gasteiger partial charge in [-0.1, -0.05) is 31.2 Å². The molecule has 0 atom stereocenters. The maximum atomic E-state index is 11.6. The Morgan fingerprint density at radius 1 is 1.14 bits per heavy atom. The monoisotopic (exact) mass is 551 g/mol. The smallest absolute Gasteiger partial charge is 0.215 e. The van der Waals surface area contributed by atoms with Crippen LogP contribution in [-0.4, -0.2) is 39.5 Å². The number of halogens is 1. The number of nitrogens with zero attached hydrogens (tertiary/aromatic N) is 2. The molecule has 1 heterocycles. The van der Waals surface area contributed by atoms with Gasteiger partial charge < -0.3 is 10.6 Å². The zero-order chi connectivity index (χ0) is 20.4. The molecule has 0 aliphatic heterocycles. The minimum atomic E-state index is -3.25. The number of nitrogens with one attached hydrogen (secondary N) is 3. The number of aliphatic imine (C=N–C) groups is 1. The summed E-state index contributed by atoms with van der Waals surface area (Å²) in [5, 5.41) is 7.71. The molecule has 0 fully saturated rings. The number of aryl methyl sites for hydroxylation is 1. The molecule has 29 heavy (non-hydrogen) atoms. The fourth-order valence-electron chi connectivity index (χ4n) is 2.46. The van der Waals surface area contributed by atoms with Gasteiger partial charge in [0.15, 0.2) is 5.96 Å². The number of hydrogen-bond donors (Lipinski definition) is 3. The molecule has 162 valence electrons. The normalized spacial score (nSPS) is 11.8. The van der Waals surface area contributed by atoms with Gasteiger partial charge in [-0.2, -0.15) is 0 Å². The molecule has 2 aromatic rings. The number of sulfonamides is 1. The Bertz CT molecular complexity index is 867. The maximum absolute atomic E-state index is 11.6. The lowest BCUT2D eigenvalue weighted by Crippen LogP contribution is -2.38. The molecule has 2 rings (SSSR count). The van der Waals surface area contributed by atoms with Gasteiger partial charge in [-0.05, 0) is 31.5 Å². The van der Waals surface area contributed by atoms with E-state index in [0.29, 0.717) is 6.54 Å². The molecule has 10 heteroatoms. The predicted molar refractivity (Wildman–Crippen MR) is 132 cm³/mol. The average Bonchev–Trinajstić information content (AvgIpc) is 3.15. The highest BCUT2D eigenvalue weighted by molar-refractivity contribution is 14.0. The second-order valence-electron chi connectivity index (χ2n) is 6.23. The first kappa shape index (κ1) is 25.8. The number of rotatable bonds is 10. The van der Waals surface area contributed by atoms with Crippen molar-refractivity contribution in [2.24, 2.45) is 4.99 Å². The Balaban J connectivity index is 0.00000420. The fourth-order valence-corrected chi connectivity index (χ4v) is 4.10. The first-order valence-corrected chi connectivity index (χ1v) is 11.9. The first-order chi connectivity index (χ1) is 13.5. The van der Waals surface area contributed by atoms with Crippen LogP contribution in [0.3, 0.4) is 0 Å². The van der Waals surface area contributed by atoms with E-state index in [1.807, 2.05) is 37.4 Å². The molecule has 3 N–H and O–H groups in total. The van der Waals surface area contributed by atoms with Crippen LogP contribution in [0.25, 0.3) is 0 Å². The molecule has 0 unspecified atom stereocenters. The number of benzene rings is 1. The van der Waals surface area contributed by atoms with Crippen molar-refractivity contribution in [3.63, 3.8) is 0 Å². The molecule has 0 spiro atoms. The summed E-state index contributed by atoms with van der Waals surface area (Å²) in [6.07, 6.45) is 3.84. The minimum Gasteiger partial charge on any atom is -0.357 e. The van der Waals surface area contributed by atoms with Crippen molar-refractivity contribution in [2.45, 2.75) is 39.0 Å². The van der Waals surface area contributed by atoms with E-state index >= 15 is 0 Å². The summed E-state index contributed by atoms with van der Waals surface area (Å²) in [6, 6.07) is 7.48. The van der Waals surface area contributed by atoms with Crippen LogP contribution >= 0.6 is 35.3 Å². The van der Waals surface area contributed by atoms with E-state index in [1.165, 1.54) is 11.9 Å². The Kier molecular flexibility index (Phi) is 11.7. The van der Waals surface area contributed by atoms with E-state index in [9.17, 15) is 8.42 Å². The summed E-state index contributed by atoms with van der Waals surface area (Å²) in [5.41, 5.74) is 1.78. The van der Waals surface area contributed by atoms with Crippen LogP contribution < -0.4 is 15.4 Å². The van der Waals surface area contributed by atoms with Crippen molar-refractivity contribution in [1.29, 1.82) is 0 Å². The summed E-state index contributed by atoms with van der Waals surface area (Å²) in [6.45, 7) is 6.24. The average molecular weight is 552 g/mol. The van der Waals surface area contributed by atoms with Crippen LogP contribution in [0, 0.1) is 0 Å². The first-order valence-electron chi connectivity index (χ1n) is 9.40. The van der Waals surface area contributed by atoms with Gasteiger partial charge in [-0.15, -0.1) is 35.3 Å². The molecule has 0 amide bonds. The lowest BCUT2D eigenvalue weighted by Gasteiger charge is -2.11. The van der Waals surface area contributed by atoms with E-state index in [2.05, 4.69) is 32.3 Å². The van der Waals surface area contributed by atoms with Crippen molar-refractivity contribution in [3.8, 4) is 0 Å². The Hall–Kier alpha value is -1.24. The van der Waals surface area contributed by atoms with Gasteiger partial charge in [0.1, 0.15) is 0 Å². The Labute approximate surface area is 194 Å². The highest BCUT2D eigenvalue weighted by Gasteiger charge is 2.08. The molecule has 7 nitrogen and oxygen atoms in total. The summed E-state index contributed by atoms with van der Waals surface area (Å²) in [5.74, 6) is 0.741. The molecule has 1 aromatic heterocycles. The third-order valence-electron chi connectivity index (χ3n) is 4.04. The third kappa shape index (κ3) is 9.41. The van der Waals surface area contributed by atoms with Crippen LogP contribution in [0.15, 0.2) is 35.5 Å². The summed E-state index contributed by atoms with van der Waals surface area (Å²) in [7, 11) is -1.83. The highest BCUT2D eigenvalue weighted by atomic mass is 127. The van der Waals surface area contributed by atoms with Crippen molar-refractivity contribution < 1.29 is 8.42 Å². The van der Waals surface area contributed by atoms with Gasteiger partial charge in [-0.25, -0.2) is 23.1 Å². The molecule has 0 saturated carbocycles. The topological polar surface area (TPSA) is 95.5 Å². The standard InChI is InChI=1S/C19H29N5O2S2.HI/c1-4-17-13-23-18(27-17)10-11-22-19(21-5-2)24-12-15-6-8-16(9-7-15)14-28(25,26)20-3;/h6-9,13,20H,4-5,10-12,14H2,1-3H3,(H2,21,22,24);1H. The fraction of sp³-hybridized carbons (Fsp3) is 0.474. The Morgan fingerprint density at radius 2 is 1.83 bits per heavy atom. The highest BCUT2D eigenvalue weighted by Crippen LogP contribution is 2.13. The third-order valence-corrected chi connectivity index (χ3v) is 6.57. The van der Waals surface area contributed by atoms with E-state index in [1.54, 1.807) is 11.3 Å². The van der Waals surface area contributed by atoms with E-state index in [4.69, 9.17) is 0 Å². The SMILES string of the molecule is CCNC(=NCc1ccc(CS(=O)(=O)NC)cc1)NCCc1ncc(CC)s1.I. The van der Waals surface area contributed by atoms with E-state index < -0.39 is 10.0 Å². The summed E-state index contributed by atoms with van der Waals surface area (Å²) < 4.78 is 25.5. The summed E-state index contributed by atoms with van der Waals surface area (Å²) in [4.78, 5) is 10.3. The maximum Gasteiger partial charge on any atom is 0.215 e. The zero-order valence-electron chi connectivity index (χ0n) is 17.1. The van der Waals surface area contributed by atoms with Crippen molar-refractivity contribution >= 4 is 51.3 Å². The lowest BCUT2D eigenvalue weighted by atomic mass is 10.1. The largest absolute Gasteiger partial charge is 0.357 e. The molecule has 0 aliphatic carbocycles. The second-order valence-corrected chi connectivity index (χ2v) is 9.35. The van der Waals surface area contributed by atoms with Crippen molar-refractivity contribution in [1.82, 2.24) is 20.3 Å². The van der Waals surface area contributed by atoms with Crippen LogP contribution in [-0.2, 0) is 35.2 Å². The van der Waals surface area contributed by atoms with Gasteiger partial charge in [-0.3, -0.25) is 0 Å². The quantitative estimate of drug-likeness (QED) is 0.240. The molecular weight excluding hydrogens is 521 g/mol. The van der Waals surface area contributed by atoms with Gasteiger partial charge in [0.05, 0.1) is 17.3 Å². The van der Waals surface area contributed by atoms with Gasteiger partial charge in [0.2, 0.25) is 10.0 Å². The lowest BCUT2D eigenvalue weighted by molar-refractivity contribution is 0.587. The van der Waals surface area contributed by atoms with Crippen LogP contribution in [0.4, 0.5) is 0 Å². The van der Waals surface area contributed by atoms with Crippen molar-refractivity contribution in [2.75, 3.05) is 20.1 Å². The predicted octanol–water partition coefficient (Wildman–Crippen LogP) is 2.67. The number of hydrogen-bond acceptors (Lipinski definition) is 5. The zero-order valence-corrected chi connectivity index (χ0v) is 21.0. The molecule has 1 aromatic carbocycles. The number of thiazole rings is 1. The summed E-state index contributed by atoms with van der Waals surface area (Å²) >= 11 is 1.76. The minimum absolute atomic E-state index is 0. The molecule has 0 bridgehead atoms. The van der Waals surface area contributed by atoms with Crippen molar-refractivity contribution in [3.05, 3.63) is 51.5 Å².